The van der Waals surface area contributed by atoms with E-state index in [0.717, 1.165) is 24.8 Å². The molecule has 0 heterocycles. The molecule has 108 valence electrons. The quantitative estimate of drug-likeness (QED) is 0.581. The van der Waals surface area contributed by atoms with Crippen LogP contribution in [0.25, 0.3) is 10.8 Å². The van der Waals surface area contributed by atoms with Gasteiger partial charge in [-0.25, -0.2) is 0 Å². The summed E-state index contributed by atoms with van der Waals surface area (Å²) in [6, 6.07) is 14.5. The van der Waals surface area contributed by atoms with Crippen molar-refractivity contribution in [2.75, 3.05) is 0 Å². The number of hydrogen-bond acceptors (Lipinski definition) is 2. The molecule has 1 atom stereocenters. The van der Waals surface area contributed by atoms with E-state index in [-0.39, 0.29) is 18.0 Å². The second-order valence-electron chi connectivity index (χ2n) is 5.68. The van der Waals surface area contributed by atoms with Gasteiger partial charge in [-0.15, -0.1) is 6.58 Å². The average Bonchev–Trinajstić information content (AvgIpc) is 2.44. The molecule has 0 N–H and O–H groups in total. The van der Waals surface area contributed by atoms with Crippen molar-refractivity contribution in [3.05, 3.63) is 60.7 Å². The third kappa shape index (κ3) is 2.99. The summed E-state index contributed by atoms with van der Waals surface area (Å²) < 4.78 is 5.72. The van der Waals surface area contributed by atoms with Crippen LogP contribution in [0.2, 0.25) is 0 Å². The van der Waals surface area contributed by atoms with Crippen molar-refractivity contribution in [3.8, 4) is 0 Å². The van der Waals surface area contributed by atoms with Crippen LogP contribution in [0.5, 0.6) is 0 Å². The van der Waals surface area contributed by atoms with E-state index in [1.807, 2.05) is 24.3 Å². The van der Waals surface area contributed by atoms with Crippen LogP contribution in [-0.4, -0.2) is 5.97 Å². The molecule has 0 aromatic heterocycles. The van der Waals surface area contributed by atoms with Crippen LogP contribution < -0.4 is 0 Å². The van der Waals surface area contributed by atoms with Crippen molar-refractivity contribution < 1.29 is 9.53 Å². The Morgan fingerprint density at radius 2 is 2.00 bits per heavy atom. The number of ether oxygens (including phenoxy) is 1. The first-order valence-electron chi connectivity index (χ1n) is 7.58. The van der Waals surface area contributed by atoms with Crippen molar-refractivity contribution in [3.63, 3.8) is 0 Å². The number of hydrogen-bond donors (Lipinski definition) is 0. The van der Waals surface area contributed by atoms with Gasteiger partial charge in [0.25, 0.3) is 0 Å². The van der Waals surface area contributed by atoms with Gasteiger partial charge in [-0.05, 0) is 35.2 Å². The van der Waals surface area contributed by atoms with Gasteiger partial charge in [0.1, 0.15) is 6.10 Å². The Hall–Kier alpha value is -2.09. The lowest BCUT2D eigenvalue weighted by atomic mass is 9.85. The molecule has 0 spiro atoms. The molecule has 1 aliphatic rings. The van der Waals surface area contributed by atoms with Gasteiger partial charge in [0.2, 0.25) is 0 Å². The Kier molecular flexibility index (Phi) is 4.05. The van der Waals surface area contributed by atoms with E-state index in [9.17, 15) is 4.79 Å². The highest BCUT2D eigenvalue weighted by atomic mass is 16.5. The zero-order valence-electron chi connectivity index (χ0n) is 12.1. The summed E-state index contributed by atoms with van der Waals surface area (Å²) in [5.41, 5.74) is 1.04. The number of carbonyl (C=O) groups is 1. The molecule has 3 rings (SSSR count). The lowest BCUT2D eigenvalue weighted by Crippen LogP contribution is -2.25. The lowest BCUT2D eigenvalue weighted by molar-refractivity contribution is -0.157. The van der Waals surface area contributed by atoms with E-state index in [1.54, 1.807) is 0 Å². The molecule has 1 fully saturated rings. The van der Waals surface area contributed by atoms with Crippen LogP contribution in [0.3, 0.4) is 0 Å². The van der Waals surface area contributed by atoms with E-state index in [0.29, 0.717) is 6.42 Å². The third-order valence-electron chi connectivity index (χ3n) is 4.22. The van der Waals surface area contributed by atoms with Crippen LogP contribution in [0.4, 0.5) is 0 Å². The standard InChI is InChI=1S/C19H20O2/c1-2-6-18(21-19(20)15-9-5-10-15)17-12-11-14-7-3-4-8-16(14)13-17/h2-4,7-8,11-13,15,18H,1,5-6,9-10H2. The summed E-state index contributed by atoms with van der Waals surface area (Å²) in [7, 11) is 0. The molecule has 0 amide bonds. The van der Waals surface area contributed by atoms with E-state index in [2.05, 4.69) is 30.8 Å². The minimum absolute atomic E-state index is 0.0544. The molecule has 2 heteroatoms. The van der Waals surface area contributed by atoms with Crippen LogP contribution in [0, 0.1) is 5.92 Å². The third-order valence-corrected chi connectivity index (χ3v) is 4.22. The Morgan fingerprint density at radius 1 is 1.24 bits per heavy atom. The molecule has 0 bridgehead atoms. The maximum absolute atomic E-state index is 12.1. The van der Waals surface area contributed by atoms with E-state index in [4.69, 9.17) is 4.74 Å². The number of carbonyl (C=O) groups excluding carboxylic acids is 1. The second-order valence-corrected chi connectivity index (χ2v) is 5.68. The molecular weight excluding hydrogens is 260 g/mol. The SMILES string of the molecule is C=CCC(OC(=O)C1CCC1)c1ccc2ccccc2c1. The summed E-state index contributed by atoms with van der Waals surface area (Å²) in [5.74, 6) is 0.0547. The molecule has 0 radical (unpaired) electrons. The van der Waals surface area contributed by atoms with E-state index in [1.165, 1.54) is 10.8 Å². The fraction of sp³-hybridized carbons (Fsp3) is 0.316. The first kappa shape index (κ1) is 13.9. The number of esters is 1. The predicted octanol–water partition coefficient (Wildman–Crippen LogP) is 4.80. The second kappa shape index (κ2) is 6.13. The van der Waals surface area contributed by atoms with Crippen molar-refractivity contribution in [1.29, 1.82) is 0 Å². The highest BCUT2D eigenvalue weighted by Crippen LogP contribution is 2.32. The van der Waals surface area contributed by atoms with Crippen LogP contribution in [-0.2, 0) is 9.53 Å². The summed E-state index contributed by atoms with van der Waals surface area (Å²) in [6.07, 6.45) is 5.32. The average molecular weight is 280 g/mol. The zero-order valence-corrected chi connectivity index (χ0v) is 12.1. The van der Waals surface area contributed by atoms with Gasteiger partial charge in [0.15, 0.2) is 0 Å². The smallest absolute Gasteiger partial charge is 0.309 e. The molecule has 1 unspecified atom stereocenters. The molecule has 0 aliphatic heterocycles. The van der Waals surface area contributed by atoms with E-state index >= 15 is 0 Å². The Balaban J connectivity index is 1.83. The Labute approximate surface area is 125 Å². The van der Waals surface area contributed by atoms with Crippen LogP contribution in [0.1, 0.15) is 37.4 Å². The molecule has 21 heavy (non-hydrogen) atoms. The first-order valence-corrected chi connectivity index (χ1v) is 7.58. The molecule has 2 aromatic carbocycles. The van der Waals surface area contributed by atoms with Gasteiger partial charge in [-0.1, -0.05) is 48.9 Å². The van der Waals surface area contributed by atoms with Crippen LogP contribution in [0.15, 0.2) is 55.1 Å². The lowest BCUT2D eigenvalue weighted by Gasteiger charge is -2.26. The van der Waals surface area contributed by atoms with Gasteiger partial charge in [-0.3, -0.25) is 4.79 Å². The fourth-order valence-corrected chi connectivity index (χ4v) is 2.69. The van der Waals surface area contributed by atoms with Crippen molar-refractivity contribution in [2.45, 2.75) is 31.8 Å². The van der Waals surface area contributed by atoms with Crippen LogP contribution >= 0.6 is 0 Å². The summed E-state index contributed by atoms with van der Waals surface area (Å²) in [4.78, 5) is 12.1. The maximum Gasteiger partial charge on any atom is 0.309 e. The number of benzene rings is 2. The van der Waals surface area contributed by atoms with Gasteiger partial charge in [0, 0.05) is 6.42 Å². The van der Waals surface area contributed by atoms with Gasteiger partial charge in [-0.2, -0.15) is 0 Å². The van der Waals surface area contributed by atoms with Gasteiger partial charge in [0.05, 0.1) is 5.92 Å². The zero-order chi connectivity index (χ0) is 14.7. The van der Waals surface area contributed by atoms with Gasteiger partial charge >= 0.3 is 5.97 Å². The van der Waals surface area contributed by atoms with Crippen molar-refractivity contribution in [1.82, 2.24) is 0 Å². The summed E-state index contributed by atoms with van der Waals surface area (Å²) in [5, 5.41) is 2.37. The monoisotopic (exact) mass is 280 g/mol. The van der Waals surface area contributed by atoms with Gasteiger partial charge < -0.3 is 4.74 Å². The minimum atomic E-state index is -0.222. The first-order chi connectivity index (χ1) is 10.3. The summed E-state index contributed by atoms with van der Waals surface area (Å²) >= 11 is 0. The largest absolute Gasteiger partial charge is 0.457 e. The number of rotatable bonds is 5. The predicted molar refractivity (Wildman–Crippen MR) is 84.9 cm³/mol. The highest BCUT2D eigenvalue weighted by molar-refractivity contribution is 5.83. The molecule has 0 saturated heterocycles. The topological polar surface area (TPSA) is 26.3 Å². The minimum Gasteiger partial charge on any atom is -0.457 e. The molecule has 1 aliphatic carbocycles. The van der Waals surface area contributed by atoms with E-state index < -0.39 is 0 Å². The maximum atomic E-state index is 12.1. The molecular formula is C19H20O2. The highest BCUT2D eigenvalue weighted by Gasteiger charge is 2.29. The molecule has 1 saturated carbocycles. The van der Waals surface area contributed by atoms with Crippen molar-refractivity contribution >= 4 is 16.7 Å². The normalized spacial score (nSPS) is 16.2. The Morgan fingerprint density at radius 3 is 2.67 bits per heavy atom. The molecule has 2 aromatic rings. The summed E-state index contributed by atoms with van der Waals surface area (Å²) in [6.45, 7) is 3.78. The van der Waals surface area contributed by atoms with Crippen molar-refractivity contribution in [2.24, 2.45) is 5.92 Å². The Bertz CT molecular complexity index is 655. The number of fused-ring (bicyclic) bond motifs is 1. The fourth-order valence-electron chi connectivity index (χ4n) is 2.69. The molecule has 2 nitrogen and oxygen atoms in total.